The van der Waals surface area contributed by atoms with E-state index in [1.807, 2.05) is 29.2 Å². The van der Waals surface area contributed by atoms with E-state index < -0.39 is 18.8 Å². The normalized spacial score (nSPS) is 17.2. The first kappa shape index (κ1) is 28.4. The molecule has 41 heavy (non-hydrogen) atoms. The number of nitrogens with one attached hydrogen (secondary N) is 2. The minimum absolute atomic E-state index is 0.00900. The fourth-order valence-corrected chi connectivity index (χ4v) is 4.69. The van der Waals surface area contributed by atoms with Crippen molar-refractivity contribution in [3.63, 3.8) is 0 Å². The summed E-state index contributed by atoms with van der Waals surface area (Å²) in [6.45, 7) is 3.52. The third kappa shape index (κ3) is 8.43. The van der Waals surface area contributed by atoms with Crippen LogP contribution in [-0.4, -0.2) is 82.8 Å². The molecule has 218 valence electrons. The van der Waals surface area contributed by atoms with Gasteiger partial charge in [-0.3, -0.25) is 4.79 Å². The van der Waals surface area contributed by atoms with E-state index in [0.717, 1.165) is 50.2 Å². The quantitative estimate of drug-likeness (QED) is 0.461. The molecular weight excluding hydrogens is 539 g/mol. The Bertz CT molecular complexity index is 1300. The van der Waals surface area contributed by atoms with Gasteiger partial charge in [0, 0.05) is 37.4 Å². The second kappa shape index (κ2) is 13.0. The molecule has 6 aliphatic heterocycles. The molecule has 0 aliphatic carbocycles. The highest BCUT2D eigenvalue weighted by Gasteiger charge is 2.29. The summed E-state index contributed by atoms with van der Waals surface area (Å²) < 4.78 is 49.1. The number of benzene rings is 2. The molecule has 0 radical (unpaired) electrons. The number of nitrogens with zero attached hydrogens (tertiary/aromatic N) is 5. The van der Waals surface area contributed by atoms with Crippen LogP contribution in [0.2, 0.25) is 0 Å². The van der Waals surface area contributed by atoms with E-state index >= 15 is 0 Å². The van der Waals surface area contributed by atoms with Gasteiger partial charge in [-0.25, -0.2) is 0 Å². The highest BCUT2D eigenvalue weighted by molar-refractivity contribution is 5.94. The molecule has 8 bridgehead atoms. The van der Waals surface area contributed by atoms with Crippen LogP contribution in [0, 0.1) is 0 Å². The van der Waals surface area contributed by atoms with E-state index in [2.05, 4.69) is 30.5 Å². The molecule has 2 aromatic carbocycles. The van der Waals surface area contributed by atoms with Crippen LogP contribution in [0.3, 0.4) is 0 Å². The number of fused-ring (bicyclic) bond motifs is 2. The van der Waals surface area contributed by atoms with Gasteiger partial charge in [-0.05, 0) is 74.3 Å². The fraction of sp³-hybridized carbons (Fsp3) is 0.429. The first-order valence-electron chi connectivity index (χ1n) is 13.6. The number of rotatable bonds is 2. The predicted octanol–water partition coefficient (Wildman–Crippen LogP) is 4.49. The Morgan fingerprint density at radius 3 is 2.24 bits per heavy atom. The minimum atomic E-state index is -4.55. The Kier molecular flexibility index (Phi) is 9.02. The maximum atomic E-state index is 13.2. The first-order valence-corrected chi connectivity index (χ1v) is 13.6. The second-order valence-electron chi connectivity index (χ2n) is 9.91. The molecule has 0 saturated carbocycles. The molecule has 2 N–H and O–H groups in total. The molecule has 9 rings (SSSR count). The van der Waals surface area contributed by atoms with Crippen molar-refractivity contribution in [2.45, 2.75) is 32.0 Å². The number of halogens is 3. The molecule has 0 spiro atoms. The maximum absolute atomic E-state index is 13.2. The van der Waals surface area contributed by atoms with E-state index in [0.29, 0.717) is 37.5 Å². The third-order valence-electron chi connectivity index (χ3n) is 6.72. The maximum Gasteiger partial charge on any atom is 0.422 e. The largest absolute Gasteiger partial charge is 0.494 e. The molecule has 0 unspecified atom stereocenters. The summed E-state index contributed by atoms with van der Waals surface area (Å²) in [4.78, 5) is 29.8. The topological polar surface area (TPSA) is 105 Å². The Hall–Kier alpha value is -4.13. The number of anilines is 3. The average molecular weight is 572 g/mol. The molecule has 0 atom stereocenters. The van der Waals surface area contributed by atoms with Crippen LogP contribution in [0.15, 0.2) is 48.5 Å². The van der Waals surface area contributed by atoms with Crippen LogP contribution in [0.1, 0.15) is 35.2 Å². The van der Waals surface area contributed by atoms with Crippen molar-refractivity contribution in [2.24, 2.45) is 0 Å². The van der Waals surface area contributed by atoms with Gasteiger partial charge in [-0.15, -0.1) is 0 Å². The van der Waals surface area contributed by atoms with E-state index in [1.165, 1.54) is 0 Å². The van der Waals surface area contributed by atoms with Crippen LogP contribution in [0.5, 0.6) is 11.8 Å². The SMILES string of the molecule is O=C1c2ccc(cc2)Nc2nc(nc(OCC(F)(F)F)n2)NCc2ccc(cc2)OCCCN2CCCN1CCC2. The second-order valence-corrected chi connectivity index (χ2v) is 9.91. The van der Waals surface area contributed by atoms with Crippen LogP contribution >= 0.6 is 0 Å². The van der Waals surface area contributed by atoms with Gasteiger partial charge >= 0.3 is 12.2 Å². The number of carbonyl (C=O) groups excluding carboxylic acids is 1. The Balaban J connectivity index is 1.39. The lowest BCUT2D eigenvalue weighted by atomic mass is 10.1. The highest BCUT2D eigenvalue weighted by atomic mass is 19.4. The van der Waals surface area contributed by atoms with Crippen LogP contribution < -0.4 is 20.1 Å². The van der Waals surface area contributed by atoms with E-state index in [4.69, 9.17) is 9.47 Å². The van der Waals surface area contributed by atoms with Gasteiger partial charge in [0.1, 0.15) is 5.75 Å². The van der Waals surface area contributed by atoms with Crippen LogP contribution in [0.4, 0.5) is 30.8 Å². The zero-order valence-electron chi connectivity index (χ0n) is 22.5. The summed E-state index contributed by atoms with van der Waals surface area (Å²) in [6, 6.07) is 13.9. The van der Waals surface area contributed by atoms with Gasteiger partial charge in [0.2, 0.25) is 11.9 Å². The summed E-state index contributed by atoms with van der Waals surface area (Å²) in [5, 5.41) is 5.98. The smallest absolute Gasteiger partial charge is 0.422 e. The average Bonchev–Trinajstić information content (AvgIpc) is 2.94. The zero-order valence-corrected chi connectivity index (χ0v) is 22.5. The van der Waals surface area contributed by atoms with Gasteiger partial charge in [0.15, 0.2) is 6.61 Å². The standard InChI is InChI=1S/C28H32F3N7O3/c29-28(30,31)19-41-27-35-25-32-18-20-4-10-23(11-5-20)40-17-3-14-37-12-1-15-38(16-2-13-37)24(39)21-6-8-22(9-7-21)33-26(34-25)36-27/h4-11H,1-3,12-19H2,(H2,32,33,34,35,36). The summed E-state index contributed by atoms with van der Waals surface area (Å²) in [6.07, 6.45) is -1.87. The number of aromatic nitrogens is 3. The van der Waals surface area contributed by atoms with Gasteiger partial charge in [0.25, 0.3) is 5.91 Å². The Morgan fingerprint density at radius 1 is 0.854 bits per heavy atom. The number of alkyl halides is 3. The molecule has 13 heteroatoms. The van der Waals surface area contributed by atoms with Crippen molar-refractivity contribution in [2.75, 3.05) is 56.6 Å². The first-order chi connectivity index (χ1) is 19.8. The number of amides is 1. The van der Waals surface area contributed by atoms with Gasteiger partial charge < -0.3 is 29.9 Å². The lowest BCUT2D eigenvalue weighted by molar-refractivity contribution is -0.154. The molecule has 1 saturated heterocycles. The summed E-state index contributed by atoms with van der Waals surface area (Å²) in [7, 11) is 0. The molecule has 1 fully saturated rings. The predicted molar refractivity (Wildman–Crippen MR) is 147 cm³/mol. The van der Waals surface area contributed by atoms with Crippen molar-refractivity contribution >= 4 is 23.5 Å². The molecule has 1 aromatic heterocycles. The van der Waals surface area contributed by atoms with E-state index in [9.17, 15) is 18.0 Å². The molecule has 1 amide bonds. The van der Waals surface area contributed by atoms with Gasteiger partial charge in [-0.2, -0.15) is 28.1 Å². The van der Waals surface area contributed by atoms with E-state index in [1.54, 1.807) is 24.3 Å². The van der Waals surface area contributed by atoms with Crippen LogP contribution in [-0.2, 0) is 6.54 Å². The lowest BCUT2D eigenvalue weighted by Crippen LogP contribution is -2.40. The van der Waals surface area contributed by atoms with Gasteiger partial charge in [0.05, 0.1) is 6.61 Å². The number of hydrogen-bond acceptors (Lipinski definition) is 9. The highest BCUT2D eigenvalue weighted by Crippen LogP contribution is 2.22. The monoisotopic (exact) mass is 571 g/mol. The van der Waals surface area contributed by atoms with E-state index in [-0.39, 0.29) is 17.8 Å². The molecular formula is C28H32F3N7O3. The molecule has 10 nitrogen and oxygen atoms in total. The minimum Gasteiger partial charge on any atom is -0.494 e. The number of ether oxygens (including phenoxy) is 2. The summed E-state index contributed by atoms with van der Waals surface area (Å²) in [5.41, 5.74) is 2.00. The lowest BCUT2D eigenvalue weighted by Gasteiger charge is -2.30. The fourth-order valence-electron chi connectivity index (χ4n) is 4.69. The number of hydrogen-bond donors (Lipinski definition) is 2. The van der Waals surface area contributed by atoms with Crippen molar-refractivity contribution in [3.05, 3.63) is 59.7 Å². The van der Waals surface area contributed by atoms with Crippen molar-refractivity contribution in [1.29, 1.82) is 0 Å². The van der Waals surface area contributed by atoms with Crippen molar-refractivity contribution < 1.29 is 27.4 Å². The van der Waals surface area contributed by atoms with Crippen LogP contribution in [0.25, 0.3) is 0 Å². The van der Waals surface area contributed by atoms with Crippen molar-refractivity contribution in [3.8, 4) is 11.8 Å². The number of carbonyl (C=O) groups is 1. The Labute approximate surface area is 235 Å². The summed E-state index contributed by atoms with van der Waals surface area (Å²) >= 11 is 0. The molecule has 7 heterocycles. The van der Waals surface area contributed by atoms with Crippen molar-refractivity contribution in [1.82, 2.24) is 24.8 Å². The Morgan fingerprint density at radius 2 is 1.54 bits per heavy atom. The molecule has 3 aromatic rings. The summed E-state index contributed by atoms with van der Waals surface area (Å²) in [5.74, 6) is 0.749. The third-order valence-corrected chi connectivity index (χ3v) is 6.72. The van der Waals surface area contributed by atoms with Gasteiger partial charge in [-0.1, -0.05) is 12.1 Å². The molecule has 6 aliphatic rings. The zero-order chi connectivity index (χ0) is 28.7.